The van der Waals surface area contributed by atoms with E-state index in [0.717, 1.165) is 55.7 Å². The molecular formula is C16H19N3O. The zero-order chi connectivity index (χ0) is 14.0. The molecule has 0 spiro atoms. The van der Waals surface area contributed by atoms with Gasteiger partial charge in [0, 0.05) is 36.2 Å². The maximum atomic E-state index is 9.20. The van der Waals surface area contributed by atoms with Crippen LogP contribution in [0.5, 0.6) is 0 Å². The highest BCUT2D eigenvalue weighted by molar-refractivity contribution is 6.05. The molecular weight excluding hydrogens is 250 g/mol. The summed E-state index contributed by atoms with van der Waals surface area (Å²) in [4.78, 5) is 2.37. The minimum Gasteiger partial charge on any atom is -0.411 e. The second-order valence-electron chi connectivity index (χ2n) is 5.92. The van der Waals surface area contributed by atoms with Crippen molar-refractivity contribution in [2.75, 3.05) is 18.0 Å². The van der Waals surface area contributed by atoms with Crippen LogP contribution in [-0.2, 0) is 0 Å². The lowest BCUT2D eigenvalue weighted by molar-refractivity contribution is 0.318. The highest BCUT2D eigenvalue weighted by Gasteiger charge is 2.44. The fourth-order valence-electron chi connectivity index (χ4n) is 3.09. The second kappa shape index (κ2) is 5.16. The average molecular weight is 269 g/mol. The van der Waals surface area contributed by atoms with Gasteiger partial charge >= 0.3 is 0 Å². The van der Waals surface area contributed by atoms with Crippen LogP contribution in [0.4, 0.5) is 5.69 Å². The molecule has 0 saturated heterocycles. The van der Waals surface area contributed by atoms with Crippen molar-refractivity contribution in [3.05, 3.63) is 29.8 Å². The molecule has 0 radical (unpaired) electrons. The number of fused-ring (bicyclic) bond motifs is 1. The summed E-state index contributed by atoms with van der Waals surface area (Å²) in [6.07, 6.45) is 4.74. The Morgan fingerprint density at radius 1 is 1.35 bits per heavy atom. The highest BCUT2D eigenvalue weighted by Crippen LogP contribution is 2.50. The van der Waals surface area contributed by atoms with E-state index >= 15 is 0 Å². The van der Waals surface area contributed by atoms with Crippen LogP contribution in [0, 0.1) is 16.7 Å². The van der Waals surface area contributed by atoms with E-state index in [9.17, 15) is 5.21 Å². The fraction of sp³-hybridized carbons (Fsp3) is 0.500. The highest BCUT2D eigenvalue weighted by atomic mass is 16.4. The van der Waals surface area contributed by atoms with Crippen LogP contribution < -0.4 is 4.90 Å². The Balaban J connectivity index is 1.90. The van der Waals surface area contributed by atoms with Gasteiger partial charge in [-0.1, -0.05) is 23.4 Å². The van der Waals surface area contributed by atoms with Gasteiger partial charge in [-0.15, -0.1) is 0 Å². The number of hydrogen-bond acceptors (Lipinski definition) is 4. The van der Waals surface area contributed by atoms with Crippen LogP contribution in [0.1, 0.15) is 37.7 Å². The number of hydrogen-bond donors (Lipinski definition) is 1. The first-order valence-electron chi connectivity index (χ1n) is 7.20. The first-order chi connectivity index (χ1) is 9.78. The van der Waals surface area contributed by atoms with Crippen LogP contribution in [0.3, 0.4) is 0 Å². The maximum absolute atomic E-state index is 9.20. The summed E-state index contributed by atoms with van der Waals surface area (Å²) in [5.41, 5.74) is 3.14. The van der Waals surface area contributed by atoms with Gasteiger partial charge in [-0.2, -0.15) is 5.26 Å². The molecule has 0 amide bonds. The second-order valence-corrected chi connectivity index (χ2v) is 5.92. The summed E-state index contributed by atoms with van der Waals surface area (Å²) >= 11 is 0. The molecule has 1 aromatic carbocycles. The number of oxime groups is 1. The van der Waals surface area contributed by atoms with Gasteiger partial charge < -0.3 is 10.1 Å². The molecule has 2 aliphatic rings. The molecule has 1 N–H and O–H groups in total. The normalized spacial score (nSPS) is 21.9. The fourth-order valence-corrected chi connectivity index (χ4v) is 3.09. The van der Waals surface area contributed by atoms with Gasteiger partial charge in [-0.25, -0.2) is 0 Å². The van der Waals surface area contributed by atoms with E-state index in [2.05, 4.69) is 22.2 Å². The van der Waals surface area contributed by atoms with E-state index < -0.39 is 0 Å². The molecule has 4 nitrogen and oxygen atoms in total. The van der Waals surface area contributed by atoms with Gasteiger partial charge in [-0.3, -0.25) is 0 Å². The number of para-hydroxylation sites is 1. The Morgan fingerprint density at radius 2 is 2.15 bits per heavy atom. The Labute approximate surface area is 119 Å². The zero-order valence-electron chi connectivity index (χ0n) is 11.5. The third kappa shape index (κ3) is 2.36. The molecule has 1 fully saturated rings. The lowest BCUT2D eigenvalue weighted by atomic mass is 10.0. The van der Waals surface area contributed by atoms with Crippen LogP contribution in [0.25, 0.3) is 0 Å². The smallest absolute Gasteiger partial charge is 0.0889 e. The molecule has 0 bridgehead atoms. The molecule has 3 rings (SSSR count). The predicted molar refractivity (Wildman–Crippen MR) is 78.1 cm³/mol. The molecule has 1 aliphatic carbocycles. The van der Waals surface area contributed by atoms with Crippen molar-refractivity contribution >= 4 is 11.4 Å². The summed E-state index contributed by atoms with van der Waals surface area (Å²) in [7, 11) is 0. The summed E-state index contributed by atoms with van der Waals surface area (Å²) in [6, 6.07) is 10.4. The van der Waals surface area contributed by atoms with E-state index in [-0.39, 0.29) is 5.41 Å². The standard InChI is InChI=1S/C16H19N3O/c17-10-9-16(7-8-16)12-19-11-3-5-14(18-20)13-4-1-2-6-15(13)19/h1-2,4,6,20H,3,5,7-9,11-12H2/b18-14-. The molecule has 0 atom stereocenters. The molecule has 1 aliphatic heterocycles. The van der Waals surface area contributed by atoms with Gasteiger partial charge in [0.05, 0.1) is 11.8 Å². The van der Waals surface area contributed by atoms with Gasteiger partial charge in [0.2, 0.25) is 0 Å². The number of rotatable bonds is 3. The molecule has 1 aromatic rings. The number of anilines is 1. The third-order valence-electron chi connectivity index (χ3n) is 4.46. The topological polar surface area (TPSA) is 59.6 Å². The Bertz CT molecular complexity index is 569. The van der Waals surface area contributed by atoms with Crippen molar-refractivity contribution in [1.82, 2.24) is 0 Å². The molecule has 1 heterocycles. The molecule has 104 valence electrons. The number of nitrogens with zero attached hydrogens (tertiary/aromatic N) is 3. The Hall–Kier alpha value is -2.02. The van der Waals surface area contributed by atoms with Crippen molar-refractivity contribution < 1.29 is 5.21 Å². The lowest BCUT2D eigenvalue weighted by Crippen LogP contribution is -2.31. The van der Waals surface area contributed by atoms with E-state index in [1.54, 1.807) is 0 Å². The maximum Gasteiger partial charge on any atom is 0.0889 e. The Kier molecular flexibility index (Phi) is 3.35. The zero-order valence-corrected chi connectivity index (χ0v) is 11.5. The van der Waals surface area contributed by atoms with Crippen LogP contribution in [0.2, 0.25) is 0 Å². The first-order valence-corrected chi connectivity index (χ1v) is 7.20. The molecule has 1 saturated carbocycles. The van der Waals surface area contributed by atoms with Crippen molar-refractivity contribution in [3.8, 4) is 6.07 Å². The summed E-state index contributed by atoms with van der Waals surface area (Å²) in [5.74, 6) is 0. The molecule has 4 heteroatoms. The van der Waals surface area contributed by atoms with E-state index in [4.69, 9.17) is 5.26 Å². The van der Waals surface area contributed by atoms with Gasteiger partial charge in [0.1, 0.15) is 0 Å². The quantitative estimate of drug-likeness (QED) is 0.677. The molecule has 0 unspecified atom stereocenters. The van der Waals surface area contributed by atoms with Gasteiger partial charge in [0.25, 0.3) is 0 Å². The molecule has 20 heavy (non-hydrogen) atoms. The Morgan fingerprint density at radius 3 is 2.85 bits per heavy atom. The van der Waals surface area contributed by atoms with Crippen molar-refractivity contribution in [2.24, 2.45) is 10.6 Å². The van der Waals surface area contributed by atoms with E-state index in [1.165, 1.54) is 0 Å². The minimum atomic E-state index is 0.197. The largest absolute Gasteiger partial charge is 0.411 e. The molecule has 0 aromatic heterocycles. The SMILES string of the molecule is N#CCC1(CN2CCC/C(=N/O)c3ccccc32)CC1. The van der Waals surface area contributed by atoms with E-state index in [1.807, 2.05) is 18.2 Å². The van der Waals surface area contributed by atoms with Gasteiger partial charge in [0.15, 0.2) is 0 Å². The minimum absolute atomic E-state index is 0.197. The summed E-state index contributed by atoms with van der Waals surface area (Å²) in [5, 5.41) is 21.7. The monoisotopic (exact) mass is 269 g/mol. The van der Waals surface area contributed by atoms with Gasteiger partial charge in [-0.05, 0) is 31.7 Å². The van der Waals surface area contributed by atoms with Crippen molar-refractivity contribution in [3.63, 3.8) is 0 Å². The predicted octanol–water partition coefficient (Wildman–Crippen LogP) is 3.16. The van der Waals surface area contributed by atoms with Crippen LogP contribution in [0.15, 0.2) is 29.4 Å². The van der Waals surface area contributed by atoms with E-state index in [0.29, 0.717) is 6.42 Å². The first kappa shape index (κ1) is 13.0. The van der Waals surface area contributed by atoms with Crippen molar-refractivity contribution in [2.45, 2.75) is 32.1 Å². The van der Waals surface area contributed by atoms with Crippen molar-refractivity contribution in [1.29, 1.82) is 5.26 Å². The van der Waals surface area contributed by atoms with Crippen LogP contribution >= 0.6 is 0 Å². The summed E-state index contributed by atoms with van der Waals surface area (Å²) < 4.78 is 0. The summed E-state index contributed by atoms with van der Waals surface area (Å²) in [6.45, 7) is 1.90. The third-order valence-corrected chi connectivity index (χ3v) is 4.46. The lowest BCUT2D eigenvalue weighted by Gasteiger charge is -2.28. The number of nitriles is 1. The number of benzene rings is 1. The van der Waals surface area contributed by atoms with Crippen LogP contribution in [-0.4, -0.2) is 24.0 Å². The average Bonchev–Trinajstić information content (AvgIpc) is 3.24.